The molecule has 0 aromatic rings. The van der Waals surface area contributed by atoms with E-state index < -0.39 is 8.15 Å². The number of allylic oxidation sites excluding steroid dienone is 2. The van der Waals surface area contributed by atoms with Crippen LogP contribution in [0.4, 0.5) is 0 Å². The van der Waals surface area contributed by atoms with E-state index in [0.717, 1.165) is 12.8 Å². The number of hydrogen-bond donors (Lipinski definition) is 1. The third kappa shape index (κ3) is 20.3. The quantitative estimate of drug-likeness (QED) is 0.114. The molecule has 1 atom stereocenters. The summed E-state index contributed by atoms with van der Waals surface area (Å²) in [6.07, 6.45) is 23.4. The van der Waals surface area contributed by atoms with Crippen molar-refractivity contribution in [3.05, 3.63) is 12.2 Å². The molecule has 0 aliphatic carbocycles. The maximum Gasteiger partial charge on any atom is 0.234 e. The number of carbonyl (C=O) groups excluding carboxylic acids is 1. The Labute approximate surface area is 171 Å². The fraction of sp³-hybridized carbons (Fsp3) is 0.870. The van der Waals surface area contributed by atoms with Crippen LogP contribution >= 0.6 is 8.15 Å². The Morgan fingerprint density at radius 3 is 1.70 bits per heavy atom. The summed E-state index contributed by atoms with van der Waals surface area (Å²) in [5.41, 5.74) is 0.0465. The molecule has 0 saturated carbocycles. The molecule has 0 spiro atoms. The molecular formula is C23H47NO2P+. The number of hydrogen-bond acceptors (Lipinski definition) is 2. The summed E-state index contributed by atoms with van der Waals surface area (Å²) < 4.78 is 0.603. The predicted octanol–water partition coefficient (Wildman–Crippen LogP) is 6.65. The molecule has 3 nitrogen and oxygen atoms in total. The fourth-order valence-corrected chi connectivity index (χ4v) is 4.48. The highest BCUT2D eigenvalue weighted by molar-refractivity contribution is 7.69. The molecule has 0 amide bonds. The molecule has 27 heavy (non-hydrogen) atoms. The van der Waals surface area contributed by atoms with Crippen molar-refractivity contribution in [1.82, 2.24) is 0 Å². The molecule has 0 aromatic carbocycles. The van der Waals surface area contributed by atoms with Gasteiger partial charge in [0.05, 0.1) is 21.1 Å². The molecule has 1 N–H and O–H groups in total. The lowest BCUT2D eigenvalue weighted by atomic mass is 10.1. The topological polar surface area (TPSA) is 37.3 Å². The summed E-state index contributed by atoms with van der Waals surface area (Å²) in [6, 6.07) is 0. The van der Waals surface area contributed by atoms with Crippen molar-refractivity contribution >= 4 is 13.7 Å². The Balaban J connectivity index is 3.35. The second-order valence-corrected chi connectivity index (χ2v) is 10.6. The Hall–Kier alpha value is -0.240. The van der Waals surface area contributed by atoms with Gasteiger partial charge in [-0.15, -0.1) is 0 Å². The summed E-state index contributed by atoms with van der Waals surface area (Å²) >= 11 is 0. The minimum atomic E-state index is -1.41. The van der Waals surface area contributed by atoms with Crippen LogP contribution in [-0.4, -0.2) is 48.8 Å². The Morgan fingerprint density at radius 2 is 1.22 bits per heavy atom. The van der Waals surface area contributed by atoms with Crippen LogP contribution in [0.2, 0.25) is 0 Å². The summed E-state index contributed by atoms with van der Waals surface area (Å²) in [6.45, 7) is 2.71. The molecule has 0 aromatic heterocycles. The van der Waals surface area contributed by atoms with Gasteiger partial charge in [-0.25, -0.2) is 0 Å². The highest BCUT2D eigenvalue weighted by atomic mass is 31.1. The summed E-state index contributed by atoms with van der Waals surface area (Å²) in [5, 5.41) is 0. The van der Waals surface area contributed by atoms with Gasteiger partial charge in [-0.1, -0.05) is 76.9 Å². The maximum atomic E-state index is 11.9. The van der Waals surface area contributed by atoms with Gasteiger partial charge in [-0.2, -0.15) is 0 Å². The van der Waals surface area contributed by atoms with Crippen molar-refractivity contribution in [3.8, 4) is 0 Å². The van der Waals surface area contributed by atoms with Crippen molar-refractivity contribution in [2.45, 2.75) is 96.8 Å². The van der Waals surface area contributed by atoms with Crippen molar-refractivity contribution in [2.75, 3.05) is 33.8 Å². The van der Waals surface area contributed by atoms with E-state index in [1.165, 1.54) is 77.0 Å². The van der Waals surface area contributed by atoms with Crippen molar-refractivity contribution in [1.29, 1.82) is 0 Å². The Morgan fingerprint density at radius 1 is 0.778 bits per heavy atom. The Kier molecular flexibility index (Phi) is 17.7. The second kappa shape index (κ2) is 17.8. The van der Waals surface area contributed by atoms with Crippen LogP contribution < -0.4 is 0 Å². The van der Waals surface area contributed by atoms with Gasteiger partial charge in [0.2, 0.25) is 5.52 Å². The van der Waals surface area contributed by atoms with Crippen molar-refractivity contribution in [3.63, 3.8) is 0 Å². The molecule has 0 rings (SSSR count). The zero-order chi connectivity index (χ0) is 20.4. The lowest BCUT2D eigenvalue weighted by Crippen LogP contribution is -2.39. The number of rotatable bonds is 19. The molecule has 4 heteroatoms. The normalized spacial score (nSPS) is 13.4. The average Bonchev–Trinajstić information content (AvgIpc) is 2.59. The van der Waals surface area contributed by atoms with Crippen LogP contribution in [0.5, 0.6) is 0 Å². The minimum absolute atomic E-state index is 0.0465. The fourth-order valence-electron chi connectivity index (χ4n) is 3.12. The third-order valence-corrected chi connectivity index (χ3v) is 6.24. The average molecular weight is 401 g/mol. The molecular weight excluding hydrogens is 353 g/mol. The summed E-state index contributed by atoms with van der Waals surface area (Å²) in [7, 11) is 4.56. The number of quaternary nitrogens is 1. The molecule has 0 radical (unpaired) electrons. The van der Waals surface area contributed by atoms with E-state index in [-0.39, 0.29) is 5.52 Å². The SMILES string of the molecule is CCCCCCCC/C=C/CCCCCCCCP(O)C(=O)C[N+](C)(C)C. The van der Waals surface area contributed by atoms with Gasteiger partial charge in [0.25, 0.3) is 0 Å². The monoisotopic (exact) mass is 400 g/mol. The molecule has 0 heterocycles. The number of carbonyl (C=O) groups is 1. The van der Waals surface area contributed by atoms with E-state index in [1.54, 1.807) is 0 Å². The van der Waals surface area contributed by atoms with Crippen LogP contribution in [0.25, 0.3) is 0 Å². The van der Waals surface area contributed by atoms with E-state index in [2.05, 4.69) is 19.1 Å². The van der Waals surface area contributed by atoms with Gasteiger partial charge in [0.1, 0.15) is 14.7 Å². The maximum absolute atomic E-state index is 11.9. The molecule has 160 valence electrons. The highest BCUT2D eigenvalue weighted by Gasteiger charge is 2.21. The van der Waals surface area contributed by atoms with E-state index >= 15 is 0 Å². The number of unbranched alkanes of at least 4 members (excludes halogenated alkanes) is 12. The van der Waals surface area contributed by atoms with Gasteiger partial charge < -0.3 is 9.38 Å². The van der Waals surface area contributed by atoms with Crippen LogP contribution in [0, 0.1) is 0 Å². The van der Waals surface area contributed by atoms with Crippen molar-refractivity contribution in [2.24, 2.45) is 0 Å². The number of nitrogens with zero attached hydrogens (tertiary/aromatic N) is 1. The second-order valence-electron chi connectivity index (χ2n) is 8.90. The van der Waals surface area contributed by atoms with E-state index in [0.29, 0.717) is 17.2 Å². The largest absolute Gasteiger partial charge is 0.366 e. The number of likely N-dealkylation sites (N-methyl/N-ethyl adjacent to an activating group) is 1. The van der Waals surface area contributed by atoms with Crippen LogP contribution in [0.15, 0.2) is 12.2 Å². The smallest absolute Gasteiger partial charge is 0.234 e. The van der Waals surface area contributed by atoms with Crippen LogP contribution in [-0.2, 0) is 4.79 Å². The first-order valence-corrected chi connectivity index (χ1v) is 12.8. The minimum Gasteiger partial charge on any atom is -0.366 e. The van der Waals surface area contributed by atoms with Crippen LogP contribution in [0.3, 0.4) is 0 Å². The first-order valence-electron chi connectivity index (χ1n) is 11.3. The first kappa shape index (κ1) is 26.8. The zero-order valence-electron chi connectivity index (χ0n) is 18.7. The van der Waals surface area contributed by atoms with E-state index in [4.69, 9.17) is 0 Å². The standard InChI is InChI=1S/C23H47NO2P/c1-5-6-7-8-9-10-11-12-13-14-15-16-17-18-19-20-21-27(26)23(25)22-24(2,3)4/h12-13,26H,5-11,14-22H2,1-4H3/q+1/b13-12+. The third-order valence-electron chi connectivity index (χ3n) is 4.78. The van der Waals surface area contributed by atoms with E-state index in [9.17, 15) is 9.69 Å². The first-order chi connectivity index (χ1) is 12.9. The lowest BCUT2D eigenvalue weighted by molar-refractivity contribution is -0.861. The molecule has 0 bridgehead atoms. The molecule has 0 aliphatic rings. The van der Waals surface area contributed by atoms with Gasteiger partial charge in [-0.05, 0) is 38.3 Å². The molecule has 0 saturated heterocycles. The van der Waals surface area contributed by atoms with Gasteiger partial charge >= 0.3 is 0 Å². The van der Waals surface area contributed by atoms with Crippen molar-refractivity contribution < 1.29 is 14.2 Å². The van der Waals surface area contributed by atoms with Gasteiger partial charge in [0.15, 0.2) is 0 Å². The van der Waals surface area contributed by atoms with E-state index in [1.807, 2.05) is 21.1 Å². The molecule has 1 unspecified atom stereocenters. The Bertz CT molecular complexity index is 377. The summed E-state index contributed by atoms with van der Waals surface area (Å²) in [4.78, 5) is 21.9. The highest BCUT2D eigenvalue weighted by Crippen LogP contribution is 2.33. The zero-order valence-corrected chi connectivity index (χ0v) is 19.6. The molecule has 0 fully saturated rings. The lowest BCUT2D eigenvalue weighted by Gasteiger charge is -2.23. The summed E-state index contributed by atoms with van der Waals surface area (Å²) in [5.74, 6) is 0. The van der Waals surface area contributed by atoms with Gasteiger partial charge in [-0.3, -0.25) is 4.79 Å². The van der Waals surface area contributed by atoms with Crippen LogP contribution in [0.1, 0.15) is 96.8 Å². The predicted molar refractivity (Wildman–Crippen MR) is 121 cm³/mol. The van der Waals surface area contributed by atoms with Gasteiger partial charge in [0, 0.05) is 0 Å². The molecule has 0 aliphatic heterocycles.